The van der Waals surface area contributed by atoms with Crippen LogP contribution in [0.15, 0.2) is 30.5 Å². The highest BCUT2D eigenvalue weighted by atomic mass is 16.2. The van der Waals surface area contributed by atoms with E-state index in [2.05, 4.69) is 60.7 Å². The second-order valence-corrected chi connectivity index (χ2v) is 9.98. The number of nitrogens with zero attached hydrogens (tertiary/aromatic N) is 3. The lowest BCUT2D eigenvalue weighted by molar-refractivity contribution is -0.134. The summed E-state index contributed by atoms with van der Waals surface area (Å²) in [6, 6.07) is 9.30. The Morgan fingerprint density at radius 2 is 1.93 bits per heavy atom. The maximum Gasteiger partial charge on any atom is 0.222 e. The third-order valence-corrected chi connectivity index (χ3v) is 7.30. The van der Waals surface area contributed by atoms with Crippen LogP contribution in [0.2, 0.25) is 0 Å². The van der Waals surface area contributed by atoms with Crippen molar-refractivity contribution in [3.63, 3.8) is 0 Å². The van der Waals surface area contributed by atoms with Crippen LogP contribution in [0.1, 0.15) is 63.5 Å². The van der Waals surface area contributed by atoms with Gasteiger partial charge < -0.3 is 9.80 Å². The smallest absolute Gasteiger partial charge is 0.222 e. The Balaban J connectivity index is 1.45. The number of rotatable bonds is 4. The Morgan fingerprint density at radius 3 is 2.67 bits per heavy atom. The van der Waals surface area contributed by atoms with Gasteiger partial charge in [-0.05, 0) is 82.2 Å². The summed E-state index contributed by atoms with van der Waals surface area (Å²) in [5.74, 6) is 1.84. The maximum absolute atomic E-state index is 13.2. The molecule has 2 fully saturated rings. The lowest BCUT2D eigenvalue weighted by Crippen LogP contribution is -2.44. The fourth-order valence-corrected chi connectivity index (χ4v) is 5.52. The molecular formula is C26H37N3O. The van der Waals surface area contributed by atoms with E-state index in [-0.39, 0.29) is 0 Å². The van der Waals surface area contributed by atoms with E-state index in [1.807, 2.05) is 12.3 Å². The van der Waals surface area contributed by atoms with Crippen molar-refractivity contribution in [3.8, 4) is 0 Å². The molecule has 1 amide bonds. The first-order chi connectivity index (χ1) is 14.4. The number of aromatic nitrogens is 1. The van der Waals surface area contributed by atoms with Crippen molar-refractivity contribution < 1.29 is 4.79 Å². The summed E-state index contributed by atoms with van der Waals surface area (Å²) in [7, 11) is 0. The molecule has 2 aliphatic heterocycles. The van der Waals surface area contributed by atoms with Crippen LogP contribution in [0, 0.1) is 18.8 Å². The number of hydrogen-bond donors (Lipinski definition) is 0. The first kappa shape index (κ1) is 21.3. The van der Waals surface area contributed by atoms with Gasteiger partial charge in [-0.2, -0.15) is 0 Å². The molecule has 3 heterocycles. The van der Waals surface area contributed by atoms with E-state index in [1.54, 1.807) is 0 Å². The number of amides is 1. The summed E-state index contributed by atoms with van der Waals surface area (Å²) < 4.78 is 0. The van der Waals surface area contributed by atoms with E-state index in [0.29, 0.717) is 29.7 Å². The quantitative estimate of drug-likeness (QED) is 0.715. The van der Waals surface area contributed by atoms with E-state index in [9.17, 15) is 4.79 Å². The van der Waals surface area contributed by atoms with Gasteiger partial charge in [0.25, 0.3) is 0 Å². The second-order valence-electron chi connectivity index (χ2n) is 9.98. The number of carbonyl (C=O) groups excluding carboxylic acids is 1. The number of carbonyl (C=O) groups is 1. The van der Waals surface area contributed by atoms with Gasteiger partial charge in [0, 0.05) is 43.1 Å². The molecule has 1 aromatic heterocycles. The van der Waals surface area contributed by atoms with Crippen LogP contribution in [0.3, 0.4) is 0 Å². The molecule has 162 valence electrons. The Kier molecular flexibility index (Phi) is 6.43. The lowest BCUT2D eigenvalue weighted by Gasteiger charge is -2.39. The third-order valence-electron chi connectivity index (χ3n) is 7.30. The fourth-order valence-electron chi connectivity index (χ4n) is 5.52. The van der Waals surface area contributed by atoms with E-state index < -0.39 is 0 Å². The molecule has 1 aromatic carbocycles. The van der Waals surface area contributed by atoms with E-state index >= 15 is 0 Å². The van der Waals surface area contributed by atoms with Gasteiger partial charge in [0.15, 0.2) is 0 Å². The number of fused-ring (bicyclic) bond motifs is 1. The molecule has 4 rings (SSSR count). The highest BCUT2D eigenvalue weighted by Crippen LogP contribution is 2.35. The SMILES string of the molecule is Cc1ccc(C2CC(C)CN(C(=O)CC3CCN(C(C)C)CC3)C2)c2cccnc12. The van der Waals surface area contributed by atoms with Gasteiger partial charge in [-0.15, -0.1) is 0 Å². The maximum atomic E-state index is 13.2. The topological polar surface area (TPSA) is 36.4 Å². The zero-order valence-electron chi connectivity index (χ0n) is 19.1. The third kappa shape index (κ3) is 4.54. The highest BCUT2D eigenvalue weighted by Gasteiger charge is 2.31. The molecule has 0 bridgehead atoms. The summed E-state index contributed by atoms with van der Waals surface area (Å²) in [6.07, 6.45) is 6.06. The molecule has 30 heavy (non-hydrogen) atoms. The summed E-state index contributed by atoms with van der Waals surface area (Å²) in [6.45, 7) is 13.0. The van der Waals surface area contributed by atoms with Crippen molar-refractivity contribution in [2.24, 2.45) is 11.8 Å². The number of piperidine rings is 2. The first-order valence-corrected chi connectivity index (χ1v) is 11.8. The molecule has 0 N–H and O–H groups in total. The molecule has 4 heteroatoms. The average Bonchev–Trinajstić information content (AvgIpc) is 2.74. The predicted octanol–water partition coefficient (Wildman–Crippen LogP) is 5.01. The molecular weight excluding hydrogens is 370 g/mol. The van der Waals surface area contributed by atoms with Gasteiger partial charge in [0.1, 0.15) is 0 Å². The molecule has 2 unspecified atom stereocenters. The number of benzene rings is 1. The van der Waals surface area contributed by atoms with Crippen LogP contribution >= 0.6 is 0 Å². The van der Waals surface area contributed by atoms with Gasteiger partial charge in [0.05, 0.1) is 5.52 Å². The molecule has 0 aliphatic carbocycles. The first-order valence-electron chi connectivity index (χ1n) is 11.8. The highest BCUT2D eigenvalue weighted by molar-refractivity contribution is 5.85. The Bertz CT molecular complexity index is 885. The summed E-state index contributed by atoms with van der Waals surface area (Å²) in [4.78, 5) is 22.5. The van der Waals surface area contributed by atoms with Gasteiger partial charge in [0.2, 0.25) is 5.91 Å². The molecule has 2 saturated heterocycles. The van der Waals surface area contributed by atoms with Crippen LogP contribution in [-0.4, -0.2) is 52.9 Å². The molecule has 0 radical (unpaired) electrons. The van der Waals surface area contributed by atoms with Crippen LogP contribution in [0.25, 0.3) is 10.9 Å². The number of hydrogen-bond acceptors (Lipinski definition) is 3. The lowest BCUT2D eigenvalue weighted by atomic mass is 9.83. The van der Waals surface area contributed by atoms with Gasteiger partial charge in [-0.25, -0.2) is 0 Å². The standard InChI is InChI=1S/C26H37N3O/c1-18(2)28-12-9-21(10-13-28)15-25(30)29-16-19(3)14-22(17-29)23-8-7-20(4)26-24(23)6-5-11-27-26/h5-8,11,18-19,21-22H,9-10,12-17H2,1-4H3. The fraction of sp³-hybridized carbons (Fsp3) is 0.615. The van der Waals surface area contributed by atoms with E-state index in [1.165, 1.54) is 16.5 Å². The second kappa shape index (κ2) is 9.05. The summed E-state index contributed by atoms with van der Waals surface area (Å²) >= 11 is 0. The number of pyridine rings is 1. The normalized spacial score (nSPS) is 24.0. The van der Waals surface area contributed by atoms with E-state index in [4.69, 9.17) is 0 Å². The minimum atomic E-state index is 0.365. The molecule has 0 spiro atoms. The zero-order chi connectivity index (χ0) is 21.3. The molecule has 4 nitrogen and oxygen atoms in total. The summed E-state index contributed by atoms with van der Waals surface area (Å²) in [5, 5.41) is 1.25. The zero-order valence-corrected chi connectivity index (χ0v) is 19.1. The molecule has 2 aromatic rings. The van der Waals surface area contributed by atoms with E-state index in [0.717, 1.165) is 57.4 Å². The van der Waals surface area contributed by atoms with Gasteiger partial charge >= 0.3 is 0 Å². The number of likely N-dealkylation sites (tertiary alicyclic amines) is 2. The van der Waals surface area contributed by atoms with Crippen molar-refractivity contribution in [1.29, 1.82) is 0 Å². The number of aryl methyl sites for hydroxylation is 1. The van der Waals surface area contributed by atoms with Crippen LogP contribution in [0.5, 0.6) is 0 Å². The van der Waals surface area contributed by atoms with Crippen molar-refractivity contribution in [2.45, 2.75) is 65.3 Å². The van der Waals surface area contributed by atoms with Crippen LogP contribution < -0.4 is 0 Å². The monoisotopic (exact) mass is 407 g/mol. The average molecular weight is 408 g/mol. The van der Waals surface area contributed by atoms with Crippen molar-refractivity contribution >= 4 is 16.8 Å². The predicted molar refractivity (Wildman–Crippen MR) is 124 cm³/mol. The Morgan fingerprint density at radius 1 is 1.17 bits per heavy atom. The van der Waals surface area contributed by atoms with Gasteiger partial charge in [-0.3, -0.25) is 9.78 Å². The molecule has 0 saturated carbocycles. The van der Waals surface area contributed by atoms with Crippen molar-refractivity contribution in [1.82, 2.24) is 14.8 Å². The van der Waals surface area contributed by atoms with Crippen molar-refractivity contribution in [3.05, 3.63) is 41.6 Å². The van der Waals surface area contributed by atoms with Crippen molar-refractivity contribution in [2.75, 3.05) is 26.2 Å². The Labute approximate surface area is 181 Å². The van der Waals surface area contributed by atoms with Gasteiger partial charge in [-0.1, -0.05) is 25.1 Å². The minimum Gasteiger partial charge on any atom is -0.342 e. The Hall–Kier alpha value is -1.94. The van der Waals surface area contributed by atoms with Crippen LogP contribution in [0.4, 0.5) is 0 Å². The largest absolute Gasteiger partial charge is 0.342 e. The van der Waals surface area contributed by atoms with Crippen LogP contribution in [-0.2, 0) is 4.79 Å². The summed E-state index contributed by atoms with van der Waals surface area (Å²) in [5.41, 5.74) is 3.68. The minimum absolute atomic E-state index is 0.365. The molecule has 2 aliphatic rings. The molecule has 2 atom stereocenters.